The molecule has 5 N–H and O–H groups in total. The lowest BCUT2D eigenvalue weighted by molar-refractivity contribution is 0.0696. The van der Waals surface area contributed by atoms with Crippen LogP contribution in [0.4, 0.5) is 30.5 Å². The van der Waals surface area contributed by atoms with Crippen molar-refractivity contribution in [3.05, 3.63) is 107 Å². The fourth-order valence-electron chi connectivity index (χ4n) is 5.27. The van der Waals surface area contributed by atoms with Crippen LogP contribution in [0.3, 0.4) is 0 Å². The second-order valence-electron chi connectivity index (χ2n) is 13.7. The molecule has 0 saturated heterocycles. The summed E-state index contributed by atoms with van der Waals surface area (Å²) >= 11 is 0. The van der Waals surface area contributed by atoms with E-state index in [0.29, 0.717) is 24.5 Å². The maximum atomic E-state index is 13.6. The Morgan fingerprint density at radius 3 is 2.31 bits per heavy atom. The van der Waals surface area contributed by atoms with Crippen molar-refractivity contribution in [2.24, 2.45) is 5.73 Å². The fraction of sp³-hybridized carbons (Fsp3) is 0.278. The number of sulfonamides is 1. The topological polar surface area (TPSA) is 193 Å². The van der Waals surface area contributed by atoms with Crippen molar-refractivity contribution in [1.82, 2.24) is 19.6 Å². The molecule has 0 radical (unpaired) electrons. The number of nitrogens with one attached hydrogen (secondary N) is 2. The van der Waals surface area contributed by atoms with Gasteiger partial charge in [-0.3, -0.25) is 14.2 Å². The molecule has 0 aliphatic rings. The van der Waals surface area contributed by atoms with Gasteiger partial charge in [0.1, 0.15) is 41.5 Å². The van der Waals surface area contributed by atoms with Crippen LogP contribution >= 0.6 is 0 Å². The summed E-state index contributed by atoms with van der Waals surface area (Å²) in [6, 6.07) is 18.0. The molecule has 5 aromatic rings. The molecule has 0 aliphatic heterocycles. The molecule has 0 saturated carbocycles. The number of nitrogens with two attached hydrogens (primary N) is 1. The number of anilines is 3. The molecule has 5 rings (SSSR count). The number of rotatable bonds is 18. The largest absolute Gasteiger partial charge is 0.484 e. The summed E-state index contributed by atoms with van der Waals surface area (Å²) in [6.07, 6.45) is 0.857. The van der Waals surface area contributed by atoms with Gasteiger partial charge in [-0.1, -0.05) is 50.0 Å². The number of carboxylic acid groups (broad SMARTS) is 1. The van der Waals surface area contributed by atoms with Crippen LogP contribution < -0.4 is 20.5 Å². The molecule has 3 aromatic carbocycles. The van der Waals surface area contributed by atoms with Crippen LogP contribution in [0.1, 0.15) is 44.9 Å². The van der Waals surface area contributed by atoms with Gasteiger partial charge in [-0.15, -0.1) is 0 Å². The molecular weight excluding hydrogens is 760 g/mol. The highest BCUT2D eigenvalue weighted by atomic mass is 32.2. The molecule has 292 valence electrons. The van der Waals surface area contributed by atoms with E-state index in [1.165, 1.54) is 59.3 Å². The van der Waals surface area contributed by atoms with Crippen LogP contribution in [0.15, 0.2) is 79.0 Å². The number of ether oxygens (including phenoxy) is 2. The van der Waals surface area contributed by atoms with Crippen molar-refractivity contribution in [3.63, 3.8) is 0 Å². The van der Waals surface area contributed by atoms with E-state index >= 15 is 0 Å². The summed E-state index contributed by atoms with van der Waals surface area (Å²) in [7, 11) is -6.60. The van der Waals surface area contributed by atoms with Gasteiger partial charge in [0.15, 0.2) is 5.82 Å². The smallest absolute Gasteiger partial charge is 0.355 e. The number of nitrogens with zero attached hydrogens (tertiary/aromatic N) is 4. The average Bonchev–Trinajstić information content (AvgIpc) is 3.71. The van der Waals surface area contributed by atoms with E-state index in [0.717, 1.165) is 11.6 Å². The average molecular weight is 800 g/mol. The molecule has 0 bridgehead atoms. The molecule has 14 nitrogen and oxygen atoms in total. The van der Waals surface area contributed by atoms with Gasteiger partial charge in [-0.2, -0.15) is 19.0 Å². The Morgan fingerprint density at radius 2 is 1.69 bits per heavy atom. The predicted octanol–water partition coefficient (Wildman–Crippen LogP) is 6.89. The lowest BCUT2D eigenvalue weighted by Crippen LogP contribution is -2.22. The minimum atomic E-state index is -5.13. The van der Waals surface area contributed by atoms with Crippen LogP contribution in [0.5, 0.6) is 5.75 Å². The lowest BCUT2D eigenvalue weighted by Gasteiger charge is -2.19. The SMILES string of the molecule is CC(Oc1cc(-c2nn(COCC[Si](C)(C)C)c(Nc3ccn(Cc4ccc(C(=O)O)cc4)n3)c2C(N)=O)ccc1NS(=O)(=O)C(F)F)c1ccc(F)cc1. The molecule has 1 unspecified atom stereocenters. The molecule has 2 aromatic heterocycles. The van der Waals surface area contributed by atoms with Crippen molar-refractivity contribution >= 4 is 47.3 Å². The lowest BCUT2D eigenvalue weighted by atomic mass is 10.1. The van der Waals surface area contributed by atoms with Gasteiger partial charge < -0.3 is 25.6 Å². The zero-order chi connectivity index (χ0) is 40.1. The number of primary amides is 1. The van der Waals surface area contributed by atoms with E-state index in [2.05, 4.69) is 35.2 Å². The Labute approximate surface area is 316 Å². The van der Waals surface area contributed by atoms with E-state index in [1.54, 1.807) is 36.0 Å². The molecule has 1 amide bonds. The number of carbonyl (C=O) groups excluding carboxylic acids is 1. The Balaban J connectivity index is 1.54. The highest BCUT2D eigenvalue weighted by Gasteiger charge is 2.28. The van der Waals surface area contributed by atoms with Gasteiger partial charge in [-0.25, -0.2) is 22.3 Å². The molecule has 19 heteroatoms. The van der Waals surface area contributed by atoms with Crippen molar-refractivity contribution < 1.29 is 45.8 Å². The molecule has 0 fully saturated rings. The van der Waals surface area contributed by atoms with Gasteiger partial charge in [0.25, 0.3) is 15.9 Å². The van der Waals surface area contributed by atoms with Crippen LogP contribution in [-0.4, -0.2) is 65.4 Å². The number of aromatic carboxylic acids is 1. The van der Waals surface area contributed by atoms with Crippen molar-refractivity contribution in [3.8, 4) is 17.0 Å². The zero-order valence-electron chi connectivity index (χ0n) is 30.3. The van der Waals surface area contributed by atoms with Gasteiger partial charge in [0.2, 0.25) is 0 Å². The minimum Gasteiger partial charge on any atom is -0.484 e. The Kier molecular flexibility index (Phi) is 12.4. The first-order valence-electron chi connectivity index (χ1n) is 16.9. The van der Waals surface area contributed by atoms with E-state index < -0.39 is 47.7 Å². The number of alkyl halides is 2. The number of benzene rings is 3. The van der Waals surface area contributed by atoms with Crippen molar-refractivity contribution in [2.45, 2.75) is 57.7 Å². The Bertz CT molecular complexity index is 2260. The Morgan fingerprint density at radius 1 is 1.00 bits per heavy atom. The monoisotopic (exact) mass is 799 g/mol. The van der Waals surface area contributed by atoms with E-state index in [9.17, 15) is 36.3 Å². The van der Waals surface area contributed by atoms with Crippen molar-refractivity contribution in [2.75, 3.05) is 16.6 Å². The molecular formula is C36H40F3N7O7SSi. The zero-order valence-corrected chi connectivity index (χ0v) is 32.1. The van der Waals surface area contributed by atoms with Gasteiger partial charge >= 0.3 is 11.7 Å². The van der Waals surface area contributed by atoms with Gasteiger partial charge in [0.05, 0.1) is 17.8 Å². The molecule has 2 heterocycles. The fourth-order valence-corrected chi connectivity index (χ4v) is 6.59. The van der Waals surface area contributed by atoms with Crippen molar-refractivity contribution in [1.29, 1.82) is 0 Å². The Hall–Kier alpha value is -5.66. The van der Waals surface area contributed by atoms with E-state index in [-0.39, 0.29) is 46.4 Å². The van der Waals surface area contributed by atoms with Crippen LogP contribution in [0.25, 0.3) is 11.3 Å². The highest BCUT2D eigenvalue weighted by Crippen LogP contribution is 2.38. The summed E-state index contributed by atoms with van der Waals surface area (Å²) < 4.78 is 81.7. The van der Waals surface area contributed by atoms with Crippen LogP contribution in [-0.2, 0) is 28.0 Å². The van der Waals surface area contributed by atoms with Gasteiger partial charge in [0, 0.05) is 32.5 Å². The summed E-state index contributed by atoms with van der Waals surface area (Å²) in [5, 5.41) is 21.5. The third kappa shape index (κ3) is 10.5. The normalized spacial score (nSPS) is 12.4. The maximum Gasteiger partial charge on any atom is 0.355 e. The predicted molar refractivity (Wildman–Crippen MR) is 202 cm³/mol. The summed E-state index contributed by atoms with van der Waals surface area (Å²) in [6.45, 7) is 8.77. The first-order chi connectivity index (χ1) is 25.9. The number of halogens is 3. The molecule has 55 heavy (non-hydrogen) atoms. The third-order valence-electron chi connectivity index (χ3n) is 8.23. The number of amides is 1. The number of hydrogen-bond donors (Lipinski definition) is 4. The first-order valence-corrected chi connectivity index (χ1v) is 22.1. The summed E-state index contributed by atoms with van der Waals surface area (Å²) in [5.74, 6) is -5.95. The van der Waals surface area contributed by atoms with Crippen LogP contribution in [0.2, 0.25) is 25.7 Å². The molecule has 0 aliphatic carbocycles. The quantitative estimate of drug-likeness (QED) is 0.0536. The molecule has 0 spiro atoms. The second-order valence-corrected chi connectivity index (χ2v) is 21.0. The number of hydrogen-bond acceptors (Lipinski definition) is 9. The summed E-state index contributed by atoms with van der Waals surface area (Å²) in [5.41, 5.74) is 7.20. The molecule has 1 atom stereocenters. The van der Waals surface area contributed by atoms with Gasteiger partial charge in [-0.05, 0) is 60.5 Å². The first kappa shape index (κ1) is 40.5. The number of carboxylic acids is 1. The summed E-state index contributed by atoms with van der Waals surface area (Å²) in [4.78, 5) is 24.4. The number of carbonyl (C=O) groups is 2. The number of aromatic nitrogens is 4. The van der Waals surface area contributed by atoms with E-state index in [1.807, 2.05) is 4.72 Å². The standard InChI is InChI=1S/C36H40F3N7O7SSi/c1-22(24-9-12-27(37)13-10-24)53-29-19-26(11-14-28(29)44-54(50,51)36(38)39)32-31(33(40)47)34(46(43-32)21-52-17-18-55(2,3)4)41-30-15-16-45(42-30)20-23-5-7-25(8-6-23)35(48)49/h5-16,19,22,36,44H,17-18,20-21H2,1-4H3,(H2,40,47)(H,41,42)(H,48,49). The van der Waals surface area contributed by atoms with Crippen LogP contribution in [0, 0.1) is 5.82 Å². The maximum absolute atomic E-state index is 13.6. The highest BCUT2D eigenvalue weighted by molar-refractivity contribution is 7.93. The minimum absolute atomic E-state index is 0.0318. The van der Waals surface area contributed by atoms with E-state index in [4.69, 9.17) is 15.2 Å². The third-order valence-corrected chi connectivity index (χ3v) is 10.9. The second kappa shape index (κ2) is 16.8.